The van der Waals surface area contributed by atoms with Gasteiger partial charge in [0.15, 0.2) is 9.84 Å². The summed E-state index contributed by atoms with van der Waals surface area (Å²) in [6.07, 6.45) is 4.98. The largest absolute Gasteiger partial charge is 0.310 e. The summed E-state index contributed by atoms with van der Waals surface area (Å²) in [5.41, 5.74) is 0. The molecule has 3 atom stereocenters. The number of nitrogens with one attached hydrogen (secondary N) is 1. The summed E-state index contributed by atoms with van der Waals surface area (Å²) < 4.78 is 23.0. The van der Waals surface area contributed by atoms with Gasteiger partial charge in [-0.15, -0.1) is 0 Å². The van der Waals surface area contributed by atoms with Gasteiger partial charge in [0.05, 0.1) is 5.75 Å². The minimum absolute atomic E-state index is 0.0836. The standard InChI is InChI=1S/C12H25NO2S/c1-4-16(14,15)9-11(3)13-12-7-5-6-10(2)8-12/h10-13H,4-9H2,1-3H3. The van der Waals surface area contributed by atoms with E-state index in [0.29, 0.717) is 6.04 Å². The molecule has 1 aliphatic carbocycles. The first-order valence-corrected chi connectivity index (χ1v) is 8.21. The third-order valence-corrected chi connectivity index (χ3v) is 5.29. The summed E-state index contributed by atoms with van der Waals surface area (Å²) in [6.45, 7) is 5.97. The van der Waals surface area contributed by atoms with Gasteiger partial charge in [0.25, 0.3) is 0 Å². The van der Waals surface area contributed by atoms with Crippen molar-refractivity contribution in [3.8, 4) is 0 Å². The maximum Gasteiger partial charge on any atom is 0.151 e. The highest BCUT2D eigenvalue weighted by Gasteiger charge is 2.21. The molecule has 0 aliphatic heterocycles. The van der Waals surface area contributed by atoms with Crippen LogP contribution in [-0.2, 0) is 9.84 Å². The Hall–Kier alpha value is -0.0900. The lowest BCUT2D eigenvalue weighted by Gasteiger charge is -2.30. The molecule has 3 unspecified atom stereocenters. The number of sulfone groups is 1. The van der Waals surface area contributed by atoms with Crippen molar-refractivity contribution in [1.29, 1.82) is 0 Å². The summed E-state index contributed by atoms with van der Waals surface area (Å²) in [4.78, 5) is 0. The zero-order valence-corrected chi connectivity index (χ0v) is 11.5. The fraction of sp³-hybridized carbons (Fsp3) is 1.00. The van der Waals surface area contributed by atoms with Gasteiger partial charge in [-0.1, -0.05) is 26.7 Å². The maximum absolute atomic E-state index is 11.5. The minimum Gasteiger partial charge on any atom is -0.310 e. The molecule has 0 spiro atoms. The van der Waals surface area contributed by atoms with Gasteiger partial charge >= 0.3 is 0 Å². The number of hydrogen-bond acceptors (Lipinski definition) is 3. The molecule has 0 amide bonds. The predicted octanol–water partition coefficient (Wildman–Crippen LogP) is 1.98. The molecule has 0 bridgehead atoms. The van der Waals surface area contributed by atoms with E-state index in [4.69, 9.17) is 0 Å². The highest BCUT2D eigenvalue weighted by Crippen LogP contribution is 2.23. The van der Waals surface area contributed by atoms with E-state index in [1.54, 1.807) is 6.92 Å². The molecule has 0 saturated heterocycles. The lowest BCUT2D eigenvalue weighted by molar-refractivity contribution is 0.289. The summed E-state index contributed by atoms with van der Waals surface area (Å²) >= 11 is 0. The molecule has 0 radical (unpaired) electrons. The summed E-state index contributed by atoms with van der Waals surface area (Å²) in [5, 5.41) is 3.46. The summed E-state index contributed by atoms with van der Waals surface area (Å²) in [6, 6.07) is 0.603. The van der Waals surface area contributed by atoms with E-state index in [1.807, 2.05) is 6.92 Å². The van der Waals surface area contributed by atoms with E-state index in [9.17, 15) is 8.42 Å². The van der Waals surface area contributed by atoms with E-state index >= 15 is 0 Å². The highest BCUT2D eigenvalue weighted by atomic mass is 32.2. The molecule has 1 fully saturated rings. The third-order valence-electron chi connectivity index (χ3n) is 3.40. The van der Waals surface area contributed by atoms with Crippen molar-refractivity contribution >= 4 is 9.84 Å². The Morgan fingerprint density at radius 2 is 2.06 bits per heavy atom. The van der Waals surface area contributed by atoms with Crippen molar-refractivity contribution in [2.75, 3.05) is 11.5 Å². The molecule has 96 valence electrons. The fourth-order valence-electron chi connectivity index (χ4n) is 2.53. The van der Waals surface area contributed by atoms with E-state index in [0.717, 1.165) is 5.92 Å². The Kier molecular flexibility index (Phi) is 5.25. The van der Waals surface area contributed by atoms with Crippen LogP contribution in [0.15, 0.2) is 0 Å². The molecule has 3 nitrogen and oxygen atoms in total. The van der Waals surface area contributed by atoms with Crippen LogP contribution in [0.2, 0.25) is 0 Å². The molecule has 0 aromatic heterocycles. The monoisotopic (exact) mass is 247 g/mol. The van der Waals surface area contributed by atoms with Crippen LogP contribution in [0.4, 0.5) is 0 Å². The van der Waals surface area contributed by atoms with E-state index in [1.165, 1.54) is 25.7 Å². The van der Waals surface area contributed by atoms with Crippen LogP contribution in [0.5, 0.6) is 0 Å². The van der Waals surface area contributed by atoms with Gasteiger partial charge < -0.3 is 5.32 Å². The second kappa shape index (κ2) is 6.01. The molecular weight excluding hydrogens is 222 g/mol. The molecule has 0 heterocycles. The smallest absolute Gasteiger partial charge is 0.151 e. The van der Waals surface area contributed by atoms with Crippen LogP contribution in [0, 0.1) is 5.92 Å². The van der Waals surface area contributed by atoms with Gasteiger partial charge in [0.2, 0.25) is 0 Å². The summed E-state index contributed by atoms with van der Waals surface area (Å²) in [5.74, 6) is 1.30. The normalized spacial score (nSPS) is 28.9. The Bertz CT molecular complexity index is 300. The second-order valence-electron chi connectivity index (χ2n) is 5.24. The predicted molar refractivity (Wildman–Crippen MR) is 68.3 cm³/mol. The van der Waals surface area contributed by atoms with Crippen LogP contribution in [0.25, 0.3) is 0 Å². The molecule has 0 aromatic rings. The Morgan fingerprint density at radius 3 is 2.62 bits per heavy atom. The maximum atomic E-state index is 11.5. The molecule has 1 aliphatic rings. The van der Waals surface area contributed by atoms with Crippen LogP contribution >= 0.6 is 0 Å². The van der Waals surface area contributed by atoms with Crippen molar-refractivity contribution in [1.82, 2.24) is 5.32 Å². The first kappa shape index (κ1) is 14.0. The van der Waals surface area contributed by atoms with E-state index in [-0.39, 0.29) is 17.5 Å². The zero-order chi connectivity index (χ0) is 12.2. The van der Waals surface area contributed by atoms with Crippen LogP contribution in [0.1, 0.15) is 46.5 Å². The average Bonchev–Trinajstić information content (AvgIpc) is 2.16. The quantitative estimate of drug-likeness (QED) is 0.808. The SMILES string of the molecule is CCS(=O)(=O)CC(C)NC1CCCC(C)C1. The molecule has 1 rings (SSSR count). The van der Waals surface area contributed by atoms with Crippen LogP contribution in [-0.4, -0.2) is 32.0 Å². The van der Waals surface area contributed by atoms with Gasteiger partial charge in [0.1, 0.15) is 0 Å². The second-order valence-corrected chi connectivity index (χ2v) is 7.63. The molecule has 1 N–H and O–H groups in total. The molecular formula is C12H25NO2S. The van der Waals surface area contributed by atoms with Gasteiger partial charge in [-0.3, -0.25) is 0 Å². The molecule has 1 saturated carbocycles. The van der Waals surface area contributed by atoms with E-state index in [2.05, 4.69) is 12.2 Å². The first-order chi connectivity index (χ1) is 7.43. The Labute approximate surface area is 99.9 Å². The molecule has 16 heavy (non-hydrogen) atoms. The van der Waals surface area contributed by atoms with Gasteiger partial charge in [-0.25, -0.2) is 8.42 Å². The topological polar surface area (TPSA) is 46.2 Å². The summed E-state index contributed by atoms with van der Waals surface area (Å²) in [7, 11) is -2.85. The van der Waals surface area contributed by atoms with Crippen molar-refractivity contribution in [3.05, 3.63) is 0 Å². The number of hydrogen-bond donors (Lipinski definition) is 1. The van der Waals surface area contributed by atoms with Crippen molar-refractivity contribution in [2.24, 2.45) is 5.92 Å². The van der Waals surface area contributed by atoms with Gasteiger partial charge in [-0.05, 0) is 25.7 Å². The van der Waals surface area contributed by atoms with Gasteiger partial charge in [-0.2, -0.15) is 0 Å². The fourth-order valence-corrected chi connectivity index (χ4v) is 3.63. The number of rotatable bonds is 5. The van der Waals surface area contributed by atoms with Gasteiger partial charge in [0, 0.05) is 17.8 Å². The lowest BCUT2D eigenvalue weighted by atomic mass is 9.87. The van der Waals surface area contributed by atoms with Crippen molar-refractivity contribution in [2.45, 2.75) is 58.5 Å². The Balaban J connectivity index is 2.36. The first-order valence-electron chi connectivity index (χ1n) is 6.39. The van der Waals surface area contributed by atoms with Crippen molar-refractivity contribution in [3.63, 3.8) is 0 Å². The molecule has 0 aromatic carbocycles. The zero-order valence-electron chi connectivity index (χ0n) is 10.7. The molecule has 4 heteroatoms. The van der Waals surface area contributed by atoms with Crippen LogP contribution in [0.3, 0.4) is 0 Å². The minimum atomic E-state index is -2.85. The third kappa shape index (κ3) is 4.83. The average molecular weight is 247 g/mol. The van der Waals surface area contributed by atoms with Crippen LogP contribution < -0.4 is 5.32 Å². The lowest BCUT2D eigenvalue weighted by Crippen LogP contribution is -2.42. The Morgan fingerprint density at radius 1 is 1.38 bits per heavy atom. The van der Waals surface area contributed by atoms with E-state index < -0.39 is 9.84 Å². The van der Waals surface area contributed by atoms with Crippen molar-refractivity contribution < 1.29 is 8.42 Å². The highest BCUT2D eigenvalue weighted by molar-refractivity contribution is 7.91.